The zero-order valence-corrected chi connectivity index (χ0v) is 13.4. The summed E-state index contributed by atoms with van der Waals surface area (Å²) in [4.78, 5) is 24.4. The van der Waals surface area contributed by atoms with Crippen molar-refractivity contribution in [1.29, 1.82) is 0 Å². The van der Waals surface area contributed by atoms with Gasteiger partial charge in [-0.3, -0.25) is 4.79 Å². The molecule has 0 atom stereocenters. The molecule has 0 aromatic heterocycles. The normalized spacial score (nSPS) is 11.7. The lowest BCUT2D eigenvalue weighted by atomic mass is 9.96. The van der Waals surface area contributed by atoms with Gasteiger partial charge in [0.25, 0.3) is 5.91 Å². The molecule has 114 valence electrons. The molecule has 4 nitrogen and oxygen atoms in total. The van der Waals surface area contributed by atoms with Crippen LogP contribution < -0.4 is 0 Å². The second-order valence-corrected chi connectivity index (χ2v) is 6.54. The molecule has 0 saturated carbocycles. The molecule has 0 aliphatic heterocycles. The van der Waals surface area contributed by atoms with E-state index in [0.29, 0.717) is 22.7 Å². The maximum Gasteiger partial charge on any atom is 0.328 e. The third-order valence-corrected chi connectivity index (χ3v) is 3.04. The van der Waals surface area contributed by atoms with Crippen LogP contribution in [0.5, 0.6) is 0 Å². The zero-order chi connectivity index (χ0) is 16.2. The van der Waals surface area contributed by atoms with Crippen LogP contribution in [0.3, 0.4) is 0 Å². The van der Waals surface area contributed by atoms with E-state index in [1.807, 2.05) is 0 Å². The summed E-state index contributed by atoms with van der Waals surface area (Å²) in [6, 6.07) is 4.85. The Hall–Kier alpha value is -1.81. The molecule has 1 aromatic carbocycles. The number of carboxylic acids is 1. The molecule has 1 N–H and O–H groups in total. The molecule has 0 saturated heterocycles. The largest absolute Gasteiger partial charge is 0.478 e. The molecule has 0 unspecified atom stereocenters. The van der Waals surface area contributed by atoms with Gasteiger partial charge in [0.05, 0.1) is 0 Å². The molecule has 0 bridgehead atoms. The molecule has 1 rings (SSSR count). The fourth-order valence-electron chi connectivity index (χ4n) is 1.96. The standard InChI is InChI=1S/C16H20ClNO3/c1-16(2,3)10-18(4)15(21)12-6-5-11(13(17)9-12)7-8-14(19)20/h5-9H,10H2,1-4H3,(H,19,20)/b8-7+. The maximum atomic E-state index is 12.3. The van der Waals surface area contributed by atoms with Crippen LogP contribution in [-0.2, 0) is 4.79 Å². The van der Waals surface area contributed by atoms with Crippen LogP contribution in [-0.4, -0.2) is 35.5 Å². The highest BCUT2D eigenvalue weighted by molar-refractivity contribution is 6.32. The summed E-state index contributed by atoms with van der Waals surface area (Å²) in [6.07, 6.45) is 2.41. The highest BCUT2D eigenvalue weighted by Crippen LogP contribution is 2.21. The van der Waals surface area contributed by atoms with Gasteiger partial charge in [0, 0.05) is 30.3 Å². The first-order valence-electron chi connectivity index (χ1n) is 6.56. The number of rotatable bonds is 4. The minimum absolute atomic E-state index is 0.0123. The smallest absolute Gasteiger partial charge is 0.328 e. The van der Waals surface area contributed by atoms with Gasteiger partial charge in [-0.25, -0.2) is 4.79 Å². The maximum absolute atomic E-state index is 12.3. The monoisotopic (exact) mass is 309 g/mol. The third-order valence-electron chi connectivity index (χ3n) is 2.71. The van der Waals surface area contributed by atoms with E-state index in [0.717, 1.165) is 6.08 Å². The first-order chi connectivity index (χ1) is 9.60. The number of hydrogen-bond acceptors (Lipinski definition) is 2. The molecule has 5 heteroatoms. The number of halogens is 1. The summed E-state index contributed by atoms with van der Waals surface area (Å²) in [5.74, 6) is -1.16. The fourth-order valence-corrected chi connectivity index (χ4v) is 2.20. The van der Waals surface area contributed by atoms with E-state index in [4.69, 9.17) is 16.7 Å². The predicted octanol–water partition coefficient (Wildman–Crippen LogP) is 3.56. The van der Waals surface area contributed by atoms with Crippen molar-refractivity contribution >= 4 is 29.6 Å². The van der Waals surface area contributed by atoms with Crippen LogP contribution in [0.25, 0.3) is 6.08 Å². The van der Waals surface area contributed by atoms with Crippen LogP contribution in [0, 0.1) is 5.41 Å². The minimum atomic E-state index is -1.05. The van der Waals surface area contributed by atoms with E-state index in [-0.39, 0.29) is 11.3 Å². The summed E-state index contributed by atoms with van der Waals surface area (Å²) >= 11 is 6.08. The van der Waals surface area contributed by atoms with E-state index < -0.39 is 5.97 Å². The highest BCUT2D eigenvalue weighted by atomic mass is 35.5. The van der Waals surface area contributed by atoms with E-state index in [9.17, 15) is 9.59 Å². The van der Waals surface area contributed by atoms with Gasteiger partial charge in [0.1, 0.15) is 0 Å². The molecule has 0 aliphatic rings. The summed E-state index contributed by atoms with van der Waals surface area (Å²) in [5, 5.41) is 8.95. The first-order valence-corrected chi connectivity index (χ1v) is 6.94. The Kier molecular flexibility index (Phi) is 5.55. The molecule has 0 spiro atoms. The Labute approximate surface area is 130 Å². The van der Waals surface area contributed by atoms with Gasteiger partial charge in [-0.15, -0.1) is 0 Å². The zero-order valence-electron chi connectivity index (χ0n) is 12.7. The average molecular weight is 310 g/mol. The Bertz CT molecular complexity index is 573. The quantitative estimate of drug-likeness (QED) is 0.865. The predicted molar refractivity (Wildman–Crippen MR) is 84.5 cm³/mol. The van der Waals surface area contributed by atoms with Crippen molar-refractivity contribution in [3.63, 3.8) is 0 Å². The topological polar surface area (TPSA) is 57.6 Å². The molecule has 0 aliphatic carbocycles. The third kappa shape index (κ3) is 5.60. The molecule has 1 aromatic rings. The Balaban J connectivity index is 2.93. The Morgan fingerprint density at radius 2 is 1.95 bits per heavy atom. The lowest BCUT2D eigenvalue weighted by molar-refractivity contribution is -0.131. The van der Waals surface area contributed by atoms with Gasteiger partial charge >= 0.3 is 5.97 Å². The van der Waals surface area contributed by atoms with Crippen LogP contribution in [0.1, 0.15) is 36.7 Å². The Morgan fingerprint density at radius 1 is 1.33 bits per heavy atom. The van der Waals surface area contributed by atoms with E-state index in [1.165, 1.54) is 6.08 Å². The molecule has 21 heavy (non-hydrogen) atoms. The molecule has 0 fully saturated rings. The highest BCUT2D eigenvalue weighted by Gasteiger charge is 2.19. The fraction of sp³-hybridized carbons (Fsp3) is 0.375. The summed E-state index contributed by atoms with van der Waals surface area (Å²) in [7, 11) is 1.75. The van der Waals surface area contributed by atoms with Crippen molar-refractivity contribution in [3.8, 4) is 0 Å². The van der Waals surface area contributed by atoms with Crippen LogP contribution in [0.15, 0.2) is 24.3 Å². The van der Waals surface area contributed by atoms with Crippen molar-refractivity contribution in [2.75, 3.05) is 13.6 Å². The SMILES string of the molecule is CN(CC(C)(C)C)C(=O)c1ccc(/C=C/C(=O)O)c(Cl)c1. The van der Waals surface area contributed by atoms with Crippen molar-refractivity contribution in [2.45, 2.75) is 20.8 Å². The summed E-state index contributed by atoms with van der Waals surface area (Å²) in [6.45, 7) is 6.81. The Morgan fingerprint density at radius 3 is 2.43 bits per heavy atom. The van der Waals surface area contributed by atoms with Crippen molar-refractivity contribution < 1.29 is 14.7 Å². The number of hydrogen-bond donors (Lipinski definition) is 1. The lowest BCUT2D eigenvalue weighted by Crippen LogP contribution is -2.34. The van der Waals surface area contributed by atoms with Gasteiger partial charge in [0.15, 0.2) is 0 Å². The first kappa shape index (κ1) is 17.2. The number of amides is 1. The lowest BCUT2D eigenvalue weighted by Gasteiger charge is -2.26. The van der Waals surface area contributed by atoms with E-state index in [2.05, 4.69) is 20.8 Å². The molecular formula is C16H20ClNO3. The number of carbonyl (C=O) groups is 2. The number of benzene rings is 1. The number of aliphatic carboxylic acids is 1. The van der Waals surface area contributed by atoms with Gasteiger partial charge in [0.2, 0.25) is 0 Å². The van der Waals surface area contributed by atoms with Gasteiger partial charge in [-0.2, -0.15) is 0 Å². The second kappa shape index (κ2) is 6.76. The molecule has 0 heterocycles. The van der Waals surface area contributed by atoms with Crippen LogP contribution >= 0.6 is 11.6 Å². The molecule has 0 radical (unpaired) electrons. The van der Waals surface area contributed by atoms with Gasteiger partial charge in [-0.05, 0) is 29.2 Å². The van der Waals surface area contributed by atoms with Gasteiger partial charge < -0.3 is 10.0 Å². The number of carbonyl (C=O) groups excluding carboxylic acids is 1. The van der Waals surface area contributed by atoms with Crippen molar-refractivity contribution in [2.24, 2.45) is 5.41 Å². The summed E-state index contributed by atoms with van der Waals surface area (Å²) in [5.41, 5.74) is 1.06. The van der Waals surface area contributed by atoms with Crippen LogP contribution in [0.4, 0.5) is 0 Å². The van der Waals surface area contributed by atoms with Crippen molar-refractivity contribution in [1.82, 2.24) is 4.90 Å². The number of nitrogens with zero attached hydrogens (tertiary/aromatic N) is 1. The molecular weight excluding hydrogens is 290 g/mol. The van der Waals surface area contributed by atoms with Crippen LogP contribution in [0.2, 0.25) is 5.02 Å². The average Bonchev–Trinajstić information content (AvgIpc) is 2.34. The van der Waals surface area contributed by atoms with Crippen molar-refractivity contribution in [3.05, 3.63) is 40.4 Å². The minimum Gasteiger partial charge on any atom is -0.478 e. The van der Waals surface area contributed by atoms with E-state index in [1.54, 1.807) is 30.1 Å². The molecule has 1 amide bonds. The second-order valence-electron chi connectivity index (χ2n) is 6.13. The summed E-state index contributed by atoms with van der Waals surface area (Å²) < 4.78 is 0. The van der Waals surface area contributed by atoms with Gasteiger partial charge in [-0.1, -0.05) is 38.4 Å². The number of carboxylic acid groups (broad SMARTS) is 1. The van der Waals surface area contributed by atoms with E-state index >= 15 is 0 Å².